The minimum Gasteiger partial charge on any atom is -0.478 e. The molecule has 4 nitrogen and oxygen atoms in total. The fourth-order valence-corrected chi connectivity index (χ4v) is 0.959. The number of nitrogen functional groups attached to an aromatic ring is 1. The first-order valence-corrected chi connectivity index (χ1v) is 3.45. The van der Waals surface area contributed by atoms with Crippen LogP contribution in [0.25, 0.3) is 0 Å². The molecule has 0 bridgehead atoms. The van der Waals surface area contributed by atoms with Gasteiger partial charge in [-0.15, -0.1) is 0 Å². The Morgan fingerprint density at radius 2 is 2.25 bits per heavy atom. The van der Waals surface area contributed by atoms with Crippen molar-refractivity contribution in [1.29, 1.82) is 0 Å². The number of hydrogen-bond acceptors (Lipinski definition) is 3. The lowest BCUT2D eigenvalue weighted by Crippen LogP contribution is -2.08. The van der Waals surface area contributed by atoms with Crippen LogP contribution >= 0.6 is 0 Å². The molecule has 0 aliphatic heterocycles. The van der Waals surface area contributed by atoms with E-state index >= 15 is 0 Å². The molecule has 0 amide bonds. The second-order valence-corrected chi connectivity index (χ2v) is 2.48. The first-order valence-electron chi connectivity index (χ1n) is 3.45. The van der Waals surface area contributed by atoms with Crippen LogP contribution in [0.4, 0.5) is 5.69 Å². The molecule has 4 heteroatoms. The highest BCUT2D eigenvalue weighted by molar-refractivity contribution is 5.88. The van der Waals surface area contributed by atoms with Crippen molar-refractivity contribution < 1.29 is 9.90 Å². The van der Waals surface area contributed by atoms with E-state index in [0.717, 1.165) is 11.3 Å². The van der Waals surface area contributed by atoms with Gasteiger partial charge in [0, 0.05) is 0 Å². The van der Waals surface area contributed by atoms with E-state index in [-0.39, 0.29) is 5.56 Å². The standard InChI is InChI=1S/C8H10N2O2/c1-5-4-6(8(11)12)2-3-7(5)10-9/h2-4,10H,9H2,1H3,(H,11,12). The van der Waals surface area contributed by atoms with Gasteiger partial charge in [0.1, 0.15) is 0 Å². The number of carbonyl (C=O) groups is 1. The fourth-order valence-electron chi connectivity index (χ4n) is 0.959. The van der Waals surface area contributed by atoms with Crippen molar-refractivity contribution >= 4 is 11.7 Å². The van der Waals surface area contributed by atoms with E-state index in [4.69, 9.17) is 10.9 Å². The summed E-state index contributed by atoms with van der Waals surface area (Å²) in [6.45, 7) is 1.79. The monoisotopic (exact) mass is 166 g/mol. The molecule has 0 saturated carbocycles. The minimum atomic E-state index is -0.929. The molecule has 1 aromatic carbocycles. The highest BCUT2D eigenvalue weighted by atomic mass is 16.4. The maximum absolute atomic E-state index is 10.5. The van der Waals surface area contributed by atoms with E-state index in [2.05, 4.69) is 5.43 Å². The summed E-state index contributed by atoms with van der Waals surface area (Å²) in [5, 5.41) is 8.62. The summed E-state index contributed by atoms with van der Waals surface area (Å²) >= 11 is 0. The van der Waals surface area contributed by atoms with Crippen LogP contribution in [0.2, 0.25) is 0 Å². The lowest BCUT2D eigenvalue weighted by atomic mass is 10.1. The molecule has 0 heterocycles. The smallest absolute Gasteiger partial charge is 0.335 e. The number of anilines is 1. The third-order valence-corrected chi connectivity index (χ3v) is 1.63. The summed E-state index contributed by atoms with van der Waals surface area (Å²) in [4.78, 5) is 10.5. The highest BCUT2D eigenvalue weighted by Gasteiger charge is 2.03. The maximum Gasteiger partial charge on any atom is 0.335 e. The summed E-state index contributed by atoms with van der Waals surface area (Å²) in [7, 11) is 0. The van der Waals surface area contributed by atoms with Crippen LogP contribution in [0.5, 0.6) is 0 Å². The Morgan fingerprint density at radius 1 is 1.58 bits per heavy atom. The van der Waals surface area contributed by atoms with Gasteiger partial charge in [-0.1, -0.05) is 0 Å². The Bertz CT molecular complexity index is 310. The fraction of sp³-hybridized carbons (Fsp3) is 0.125. The van der Waals surface area contributed by atoms with E-state index < -0.39 is 5.97 Å². The number of nitrogens with one attached hydrogen (secondary N) is 1. The van der Waals surface area contributed by atoms with Gasteiger partial charge in [-0.2, -0.15) is 0 Å². The Balaban J connectivity index is 3.10. The molecule has 12 heavy (non-hydrogen) atoms. The topological polar surface area (TPSA) is 75.3 Å². The predicted octanol–water partition coefficient (Wildman–Crippen LogP) is 0.979. The molecule has 0 radical (unpaired) electrons. The molecule has 1 aromatic rings. The quantitative estimate of drug-likeness (QED) is 0.452. The molecule has 0 aromatic heterocycles. The van der Waals surface area contributed by atoms with Crippen LogP contribution in [-0.4, -0.2) is 11.1 Å². The van der Waals surface area contributed by atoms with E-state index in [1.807, 2.05) is 0 Å². The zero-order valence-electron chi connectivity index (χ0n) is 6.66. The summed E-state index contributed by atoms with van der Waals surface area (Å²) in [5.41, 5.74) is 4.29. The van der Waals surface area contributed by atoms with E-state index in [9.17, 15) is 4.79 Å². The lowest BCUT2D eigenvalue weighted by molar-refractivity contribution is 0.0697. The Labute approximate surface area is 70.0 Å². The predicted molar refractivity (Wildman–Crippen MR) is 45.9 cm³/mol. The van der Waals surface area contributed by atoms with Gasteiger partial charge in [-0.3, -0.25) is 5.84 Å². The van der Waals surface area contributed by atoms with Gasteiger partial charge in [0.25, 0.3) is 0 Å². The van der Waals surface area contributed by atoms with Crippen LogP contribution in [0.1, 0.15) is 15.9 Å². The zero-order chi connectivity index (χ0) is 9.14. The van der Waals surface area contributed by atoms with Crippen LogP contribution in [0.3, 0.4) is 0 Å². The number of hydrogen-bond donors (Lipinski definition) is 3. The van der Waals surface area contributed by atoms with Gasteiger partial charge in [0.2, 0.25) is 0 Å². The molecule has 0 saturated heterocycles. The first-order chi connectivity index (χ1) is 5.65. The molecular weight excluding hydrogens is 156 g/mol. The third kappa shape index (κ3) is 1.54. The van der Waals surface area contributed by atoms with Crippen LogP contribution < -0.4 is 11.3 Å². The van der Waals surface area contributed by atoms with Crippen molar-refractivity contribution in [3.8, 4) is 0 Å². The molecule has 0 fully saturated rings. The zero-order valence-corrected chi connectivity index (χ0v) is 6.66. The van der Waals surface area contributed by atoms with Gasteiger partial charge in [-0.05, 0) is 30.7 Å². The van der Waals surface area contributed by atoms with Gasteiger partial charge >= 0.3 is 5.97 Å². The molecule has 4 N–H and O–H groups in total. The minimum absolute atomic E-state index is 0.270. The molecule has 0 unspecified atom stereocenters. The van der Waals surface area contributed by atoms with Crippen LogP contribution in [-0.2, 0) is 0 Å². The Morgan fingerprint density at radius 3 is 2.67 bits per heavy atom. The molecule has 0 atom stereocenters. The SMILES string of the molecule is Cc1cc(C(=O)O)ccc1NN. The number of carboxylic acids is 1. The van der Waals surface area contributed by atoms with Crippen LogP contribution in [0, 0.1) is 6.92 Å². The average molecular weight is 166 g/mol. The number of hydrazine groups is 1. The number of benzene rings is 1. The lowest BCUT2D eigenvalue weighted by Gasteiger charge is -2.04. The second kappa shape index (κ2) is 3.23. The molecule has 0 spiro atoms. The molecule has 0 aliphatic carbocycles. The molecular formula is C8H10N2O2. The van der Waals surface area contributed by atoms with E-state index in [1.54, 1.807) is 19.1 Å². The van der Waals surface area contributed by atoms with Crippen molar-refractivity contribution in [1.82, 2.24) is 0 Å². The molecule has 64 valence electrons. The number of aromatic carboxylic acids is 1. The number of carboxylic acid groups (broad SMARTS) is 1. The summed E-state index contributed by atoms with van der Waals surface area (Å²) in [6, 6.07) is 4.71. The van der Waals surface area contributed by atoms with Gasteiger partial charge in [-0.25, -0.2) is 4.79 Å². The summed E-state index contributed by atoms with van der Waals surface area (Å²) < 4.78 is 0. The number of nitrogens with two attached hydrogens (primary N) is 1. The largest absolute Gasteiger partial charge is 0.478 e. The number of rotatable bonds is 2. The highest BCUT2D eigenvalue weighted by Crippen LogP contribution is 2.14. The van der Waals surface area contributed by atoms with Gasteiger partial charge < -0.3 is 10.5 Å². The Hall–Kier alpha value is -1.55. The third-order valence-electron chi connectivity index (χ3n) is 1.63. The van der Waals surface area contributed by atoms with Crippen LogP contribution in [0.15, 0.2) is 18.2 Å². The maximum atomic E-state index is 10.5. The van der Waals surface area contributed by atoms with Crippen molar-refractivity contribution in [2.75, 3.05) is 5.43 Å². The summed E-state index contributed by atoms with van der Waals surface area (Å²) in [5.74, 6) is 4.25. The van der Waals surface area contributed by atoms with Crippen molar-refractivity contribution in [2.24, 2.45) is 5.84 Å². The normalized spacial score (nSPS) is 9.50. The molecule has 0 aliphatic rings. The van der Waals surface area contributed by atoms with E-state index in [1.165, 1.54) is 6.07 Å². The van der Waals surface area contributed by atoms with Crippen molar-refractivity contribution in [3.05, 3.63) is 29.3 Å². The summed E-state index contributed by atoms with van der Waals surface area (Å²) in [6.07, 6.45) is 0. The molecule has 1 rings (SSSR count). The van der Waals surface area contributed by atoms with Crippen molar-refractivity contribution in [2.45, 2.75) is 6.92 Å². The van der Waals surface area contributed by atoms with Crippen molar-refractivity contribution in [3.63, 3.8) is 0 Å². The first kappa shape index (κ1) is 8.55. The second-order valence-electron chi connectivity index (χ2n) is 2.48. The van der Waals surface area contributed by atoms with E-state index in [0.29, 0.717) is 0 Å². The van der Waals surface area contributed by atoms with Gasteiger partial charge in [0.05, 0.1) is 11.3 Å². The average Bonchev–Trinajstić information content (AvgIpc) is 2.04. The number of aryl methyl sites for hydroxylation is 1. The van der Waals surface area contributed by atoms with Gasteiger partial charge in [0.15, 0.2) is 0 Å². The Kier molecular flexibility index (Phi) is 2.30.